The first-order valence-electron chi connectivity index (χ1n) is 8.11. The lowest BCUT2D eigenvalue weighted by Crippen LogP contribution is -2.56. The van der Waals surface area contributed by atoms with Gasteiger partial charge in [-0.05, 0) is 59.0 Å². The molecule has 2 rings (SSSR count). The molecule has 1 aliphatic carbocycles. The molecule has 1 fully saturated rings. The van der Waals surface area contributed by atoms with E-state index in [2.05, 4.69) is 55.3 Å². The summed E-state index contributed by atoms with van der Waals surface area (Å²) in [5.41, 5.74) is 1.53. The van der Waals surface area contributed by atoms with E-state index < -0.39 is 0 Å². The summed E-state index contributed by atoms with van der Waals surface area (Å²) in [6, 6.07) is 6.27. The summed E-state index contributed by atoms with van der Waals surface area (Å²) < 4.78 is 0. The van der Waals surface area contributed by atoms with Crippen LogP contribution in [0, 0.1) is 0 Å². The first-order valence-corrected chi connectivity index (χ1v) is 8.11. The van der Waals surface area contributed by atoms with E-state index in [9.17, 15) is 0 Å². The predicted octanol–water partition coefficient (Wildman–Crippen LogP) is 2.82. The van der Waals surface area contributed by atoms with E-state index in [0.29, 0.717) is 5.54 Å². The van der Waals surface area contributed by atoms with Crippen LogP contribution >= 0.6 is 0 Å². The molecule has 0 bridgehead atoms. The Balaban J connectivity index is 1.91. The monoisotopic (exact) mass is 290 g/mol. The van der Waals surface area contributed by atoms with Crippen molar-refractivity contribution in [3.05, 3.63) is 23.9 Å². The Morgan fingerprint density at radius 1 is 1.24 bits per heavy atom. The minimum atomic E-state index is 0.382. The lowest BCUT2D eigenvalue weighted by molar-refractivity contribution is 0.0256. The average molecular weight is 290 g/mol. The highest BCUT2D eigenvalue weighted by Crippen LogP contribution is 2.36. The van der Waals surface area contributed by atoms with Crippen molar-refractivity contribution >= 4 is 5.82 Å². The van der Waals surface area contributed by atoms with Gasteiger partial charge < -0.3 is 10.2 Å². The van der Waals surface area contributed by atoms with E-state index in [0.717, 1.165) is 37.6 Å². The Kier molecular flexibility index (Phi) is 5.59. The Labute approximate surface area is 129 Å². The summed E-state index contributed by atoms with van der Waals surface area (Å²) in [5, 5.41) is 3.36. The summed E-state index contributed by atoms with van der Waals surface area (Å²) in [6.07, 6.45) is 5.11. The molecular weight excluding hydrogens is 260 g/mol. The van der Waals surface area contributed by atoms with Gasteiger partial charge >= 0.3 is 0 Å². The fraction of sp³-hybridized carbons (Fsp3) is 0.706. The molecule has 1 aromatic rings. The van der Waals surface area contributed by atoms with Gasteiger partial charge in [0.25, 0.3) is 0 Å². The van der Waals surface area contributed by atoms with E-state index in [1.807, 2.05) is 6.07 Å². The molecule has 0 amide bonds. The van der Waals surface area contributed by atoms with Crippen LogP contribution < -0.4 is 5.32 Å². The van der Waals surface area contributed by atoms with Crippen molar-refractivity contribution in [2.24, 2.45) is 0 Å². The number of rotatable bonds is 8. The number of pyridine rings is 1. The zero-order valence-electron chi connectivity index (χ0n) is 14.0. The predicted molar refractivity (Wildman–Crippen MR) is 89.6 cm³/mol. The van der Waals surface area contributed by atoms with Gasteiger partial charge in [-0.1, -0.05) is 13.0 Å². The van der Waals surface area contributed by atoms with E-state index in [1.54, 1.807) is 0 Å². The van der Waals surface area contributed by atoms with Crippen LogP contribution in [0.3, 0.4) is 0 Å². The zero-order valence-corrected chi connectivity index (χ0v) is 14.0. The molecule has 0 unspecified atom stereocenters. The number of nitrogens with one attached hydrogen (secondary N) is 1. The van der Waals surface area contributed by atoms with Crippen molar-refractivity contribution in [3.8, 4) is 0 Å². The van der Waals surface area contributed by atoms with Gasteiger partial charge in [-0.3, -0.25) is 4.90 Å². The minimum absolute atomic E-state index is 0.382. The smallest absolute Gasteiger partial charge is 0.126 e. The summed E-state index contributed by atoms with van der Waals surface area (Å²) in [4.78, 5) is 9.51. The van der Waals surface area contributed by atoms with Crippen LogP contribution in [0.2, 0.25) is 0 Å². The molecule has 21 heavy (non-hydrogen) atoms. The molecule has 1 aliphatic rings. The Bertz CT molecular complexity index is 440. The third-order valence-electron chi connectivity index (χ3n) is 4.59. The lowest BCUT2D eigenvalue weighted by Gasteiger charge is -2.49. The maximum atomic E-state index is 4.70. The number of nitrogens with zero attached hydrogens (tertiary/aromatic N) is 3. The molecule has 1 N–H and O–H groups in total. The van der Waals surface area contributed by atoms with Crippen molar-refractivity contribution in [1.29, 1.82) is 0 Å². The molecule has 0 aliphatic heterocycles. The lowest BCUT2D eigenvalue weighted by atomic mass is 9.75. The number of likely N-dealkylation sites (N-methyl/N-ethyl adjacent to an activating group) is 2. The van der Waals surface area contributed by atoms with Gasteiger partial charge in [0.2, 0.25) is 0 Å². The van der Waals surface area contributed by atoms with E-state index in [4.69, 9.17) is 4.98 Å². The van der Waals surface area contributed by atoms with Crippen molar-refractivity contribution in [2.75, 3.05) is 39.5 Å². The highest BCUT2D eigenvalue weighted by molar-refractivity contribution is 5.35. The molecule has 1 aromatic heterocycles. The fourth-order valence-corrected chi connectivity index (χ4v) is 3.09. The molecule has 0 saturated heterocycles. The number of anilines is 1. The van der Waals surface area contributed by atoms with Gasteiger partial charge in [-0.2, -0.15) is 0 Å². The molecular formula is C17H30N4. The van der Waals surface area contributed by atoms with E-state index >= 15 is 0 Å². The van der Waals surface area contributed by atoms with Crippen LogP contribution in [-0.4, -0.2) is 54.6 Å². The van der Waals surface area contributed by atoms with Crippen LogP contribution in [0.25, 0.3) is 0 Å². The topological polar surface area (TPSA) is 31.4 Å². The first kappa shape index (κ1) is 16.2. The molecule has 0 atom stereocenters. The highest BCUT2D eigenvalue weighted by Gasteiger charge is 2.39. The Morgan fingerprint density at radius 3 is 2.57 bits per heavy atom. The second-order valence-corrected chi connectivity index (χ2v) is 6.59. The normalized spacial score (nSPS) is 17.0. The second kappa shape index (κ2) is 7.23. The molecule has 118 valence electrons. The fourth-order valence-electron chi connectivity index (χ4n) is 3.09. The quantitative estimate of drug-likeness (QED) is 0.798. The third kappa shape index (κ3) is 4.17. The summed E-state index contributed by atoms with van der Waals surface area (Å²) in [5.74, 6) is 0.994. The summed E-state index contributed by atoms with van der Waals surface area (Å²) in [7, 11) is 6.62. The average Bonchev–Trinajstić information content (AvgIpc) is 2.40. The molecule has 1 heterocycles. The van der Waals surface area contributed by atoms with Crippen LogP contribution in [0.4, 0.5) is 5.82 Å². The van der Waals surface area contributed by atoms with Crippen molar-refractivity contribution in [3.63, 3.8) is 0 Å². The van der Waals surface area contributed by atoms with Gasteiger partial charge in [-0.25, -0.2) is 4.98 Å². The van der Waals surface area contributed by atoms with Gasteiger partial charge in [0.1, 0.15) is 5.82 Å². The van der Waals surface area contributed by atoms with Crippen LogP contribution in [0.1, 0.15) is 38.3 Å². The van der Waals surface area contributed by atoms with Crippen molar-refractivity contribution < 1.29 is 0 Å². The van der Waals surface area contributed by atoms with Crippen molar-refractivity contribution in [2.45, 2.75) is 44.7 Å². The highest BCUT2D eigenvalue weighted by atomic mass is 15.2. The van der Waals surface area contributed by atoms with Crippen molar-refractivity contribution in [1.82, 2.24) is 14.8 Å². The first-order chi connectivity index (χ1) is 10.1. The van der Waals surface area contributed by atoms with Crippen LogP contribution in [0.15, 0.2) is 18.2 Å². The molecule has 0 radical (unpaired) electrons. The molecule has 0 spiro atoms. The second-order valence-electron chi connectivity index (χ2n) is 6.59. The van der Waals surface area contributed by atoms with Gasteiger partial charge in [0, 0.05) is 25.2 Å². The molecule has 4 nitrogen and oxygen atoms in total. The molecule has 0 aromatic carbocycles. The van der Waals surface area contributed by atoms with Gasteiger partial charge in [0.05, 0.1) is 5.69 Å². The van der Waals surface area contributed by atoms with E-state index in [-0.39, 0.29) is 0 Å². The van der Waals surface area contributed by atoms with Crippen LogP contribution in [-0.2, 0) is 6.54 Å². The van der Waals surface area contributed by atoms with Gasteiger partial charge in [0.15, 0.2) is 0 Å². The Hall–Kier alpha value is -1.13. The number of aromatic nitrogens is 1. The number of hydrogen-bond acceptors (Lipinski definition) is 4. The molecule has 1 saturated carbocycles. The van der Waals surface area contributed by atoms with Crippen LogP contribution in [0.5, 0.6) is 0 Å². The zero-order chi connectivity index (χ0) is 15.3. The minimum Gasteiger partial charge on any atom is -0.370 e. The van der Waals surface area contributed by atoms with E-state index in [1.165, 1.54) is 19.3 Å². The summed E-state index contributed by atoms with van der Waals surface area (Å²) in [6.45, 7) is 5.19. The largest absolute Gasteiger partial charge is 0.370 e. The van der Waals surface area contributed by atoms with Gasteiger partial charge in [-0.15, -0.1) is 0 Å². The summed E-state index contributed by atoms with van der Waals surface area (Å²) >= 11 is 0. The Morgan fingerprint density at radius 2 is 2.00 bits per heavy atom. The maximum Gasteiger partial charge on any atom is 0.126 e. The third-order valence-corrected chi connectivity index (χ3v) is 4.59. The number of hydrogen-bond donors (Lipinski definition) is 1. The molecule has 4 heteroatoms. The maximum absolute atomic E-state index is 4.70. The SMILES string of the molecule is CCCNc1cccc(CN(C)CC2(N(C)C)CCC2)n1. The standard InChI is InChI=1S/C17H30N4/c1-5-12-18-16-9-6-8-15(19-16)13-21(4)14-17(20(2)3)10-7-11-17/h6,8-9H,5,7,10-14H2,1-4H3,(H,18,19).